The summed E-state index contributed by atoms with van der Waals surface area (Å²) in [6.07, 6.45) is 1.51. The van der Waals surface area contributed by atoms with Gasteiger partial charge in [-0.25, -0.2) is 0 Å². The molecule has 20 heavy (non-hydrogen) atoms. The molecule has 0 aliphatic heterocycles. The van der Waals surface area contributed by atoms with Crippen molar-refractivity contribution in [2.24, 2.45) is 0 Å². The van der Waals surface area contributed by atoms with Crippen LogP contribution in [0.2, 0.25) is 0 Å². The van der Waals surface area contributed by atoms with Gasteiger partial charge in [0.25, 0.3) is 11.5 Å². The molecule has 0 unspecified atom stereocenters. The largest absolute Gasteiger partial charge is 0.350 e. The molecule has 6 heteroatoms. The Bertz CT molecular complexity index is 619. The first-order valence-electron chi connectivity index (χ1n) is 6.24. The molecule has 2 heterocycles. The number of carbonyl (C=O) groups is 1. The Hall–Kier alpha value is -1.92. The van der Waals surface area contributed by atoms with Crippen molar-refractivity contribution >= 4 is 17.2 Å². The first kappa shape index (κ1) is 14.5. The van der Waals surface area contributed by atoms with Gasteiger partial charge >= 0.3 is 0 Å². The lowest BCUT2D eigenvalue weighted by Gasteiger charge is -2.23. The maximum atomic E-state index is 12.0. The van der Waals surface area contributed by atoms with E-state index < -0.39 is 0 Å². The number of thiophene rings is 1. The summed E-state index contributed by atoms with van der Waals surface area (Å²) in [4.78, 5) is 28.1. The Labute approximate surface area is 121 Å². The van der Waals surface area contributed by atoms with E-state index in [9.17, 15) is 9.59 Å². The molecule has 1 amide bonds. The van der Waals surface area contributed by atoms with Crippen molar-refractivity contribution in [2.75, 3.05) is 20.6 Å². The molecule has 0 spiro atoms. The van der Waals surface area contributed by atoms with Gasteiger partial charge in [0.05, 0.1) is 6.04 Å². The van der Waals surface area contributed by atoms with E-state index in [2.05, 4.69) is 15.7 Å². The molecule has 0 aliphatic carbocycles. The minimum atomic E-state index is -0.373. The number of nitrogens with one attached hydrogen (secondary N) is 2. The second-order valence-corrected chi connectivity index (χ2v) is 5.44. The summed E-state index contributed by atoms with van der Waals surface area (Å²) >= 11 is 1.62. The predicted molar refractivity (Wildman–Crippen MR) is 80.1 cm³/mol. The van der Waals surface area contributed by atoms with Crippen LogP contribution in [0.15, 0.2) is 40.0 Å². The van der Waals surface area contributed by atoms with E-state index in [4.69, 9.17) is 0 Å². The molecule has 0 fully saturated rings. The number of carbonyl (C=O) groups excluding carboxylic acids is 1. The average Bonchev–Trinajstić information content (AvgIpc) is 2.92. The van der Waals surface area contributed by atoms with Gasteiger partial charge in [-0.2, -0.15) is 11.3 Å². The number of hydrogen-bond acceptors (Lipinski definition) is 4. The predicted octanol–water partition coefficient (Wildman–Crippen LogP) is 1.47. The smallest absolute Gasteiger partial charge is 0.260 e. The number of H-pyrrole nitrogens is 1. The fourth-order valence-corrected chi connectivity index (χ4v) is 2.66. The quantitative estimate of drug-likeness (QED) is 0.877. The number of amides is 1. The number of hydrogen-bond donors (Lipinski definition) is 2. The van der Waals surface area contributed by atoms with Crippen molar-refractivity contribution in [3.05, 3.63) is 56.6 Å². The topological polar surface area (TPSA) is 65.2 Å². The second-order valence-electron chi connectivity index (χ2n) is 4.66. The van der Waals surface area contributed by atoms with Crippen molar-refractivity contribution in [3.63, 3.8) is 0 Å². The summed E-state index contributed by atoms with van der Waals surface area (Å²) in [5.74, 6) is -0.353. The molecular formula is C14H17N3O2S. The summed E-state index contributed by atoms with van der Waals surface area (Å²) in [5, 5.41) is 6.88. The summed E-state index contributed by atoms with van der Waals surface area (Å²) in [7, 11) is 3.92. The highest BCUT2D eigenvalue weighted by molar-refractivity contribution is 7.07. The molecule has 2 N–H and O–H groups in total. The zero-order chi connectivity index (χ0) is 14.5. The van der Waals surface area contributed by atoms with Crippen LogP contribution in [0.3, 0.4) is 0 Å². The van der Waals surface area contributed by atoms with Gasteiger partial charge in [-0.15, -0.1) is 0 Å². The van der Waals surface area contributed by atoms with Gasteiger partial charge in [-0.1, -0.05) is 0 Å². The molecule has 0 saturated heterocycles. The maximum Gasteiger partial charge on any atom is 0.260 e. The maximum absolute atomic E-state index is 12.0. The minimum Gasteiger partial charge on any atom is -0.350 e. The Morgan fingerprint density at radius 1 is 1.45 bits per heavy atom. The van der Waals surface area contributed by atoms with Crippen LogP contribution >= 0.6 is 11.3 Å². The molecule has 0 aliphatic rings. The normalized spacial score (nSPS) is 12.3. The summed E-state index contributed by atoms with van der Waals surface area (Å²) in [5.41, 5.74) is 0.916. The van der Waals surface area contributed by atoms with Gasteiger partial charge in [0.2, 0.25) is 0 Å². The molecule has 2 aromatic rings. The van der Waals surface area contributed by atoms with E-state index >= 15 is 0 Å². The van der Waals surface area contributed by atoms with Crippen LogP contribution in [-0.2, 0) is 0 Å². The van der Waals surface area contributed by atoms with Crippen molar-refractivity contribution in [2.45, 2.75) is 6.04 Å². The zero-order valence-corrected chi connectivity index (χ0v) is 12.2. The number of rotatable bonds is 5. The van der Waals surface area contributed by atoms with Crippen molar-refractivity contribution in [3.8, 4) is 0 Å². The van der Waals surface area contributed by atoms with Crippen LogP contribution in [0.1, 0.15) is 22.0 Å². The fourth-order valence-electron chi connectivity index (χ4n) is 1.95. The van der Waals surface area contributed by atoms with Gasteiger partial charge in [0.15, 0.2) is 0 Å². The van der Waals surface area contributed by atoms with Crippen LogP contribution in [0.25, 0.3) is 0 Å². The van der Waals surface area contributed by atoms with E-state index in [0.717, 1.165) is 5.56 Å². The fraction of sp³-hybridized carbons (Fsp3) is 0.286. The van der Waals surface area contributed by atoms with Crippen molar-refractivity contribution < 1.29 is 4.79 Å². The first-order chi connectivity index (χ1) is 9.59. The summed E-state index contributed by atoms with van der Waals surface area (Å²) in [6, 6.07) is 5.28. The third-order valence-corrected chi connectivity index (χ3v) is 3.77. The highest BCUT2D eigenvalue weighted by atomic mass is 32.1. The van der Waals surface area contributed by atoms with Crippen LogP contribution in [0.4, 0.5) is 0 Å². The van der Waals surface area contributed by atoms with E-state index in [1.165, 1.54) is 12.3 Å². The van der Waals surface area contributed by atoms with Crippen LogP contribution < -0.4 is 10.9 Å². The van der Waals surface area contributed by atoms with E-state index in [1.54, 1.807) is 17.4 Å². The van der Waals surface area contributed by atoms with E-state index in [0.29, 0.717) is 6.54 Å². The van der Waals surface area contributed by atoms with Gasteiger partial charge in [0.1, 0.15) is 5.56 Å². The summed E-state index contributed by atoms with van der Waals surface area (Å²) < 4.78 is 0. The van der Waals surface area contributed by atoms with Gasteiger partial charge in [0, 0.05) is 12.7 Å². The molecule has 106 valence electrons. The lowest BCUT2D eigenvalue weighted by atomic mass is 10.1. The highest BCUT2D eigenvalue weighted by Gasteiger charge is 2.17. The molecule has 2 rings (SSSR count). The van der Waals surface area contributed by atoms with Crippen molar-refractivity contribution in [1.29, 1.82) is 0 Å². The minimum absolute atomic E-state index is 0.0907. The third-order valence-electron chi connectivity index (χ3n) is 3.07. The van der Waals surface area contributed by atoms with Crippen molar-refractivity contribution in [1.82, 2.24) is 15.2 Å². The highest BCUT2D eigenvalue weighted by Crippen LogP contribution is 2.19. The van der Waals surface area contributed by atoms with Crippen LogP contribution in [-0.4, -0.2) is 36.4 Å². The number of aromatic amines is 1. The van der Waals surface area contributed by atoms with Crippen LogP contribution in [0, 0.1) is 0 Å². The van der Waals surface area contributed by atoms with Crippen LogP contribution in [0.5, 0.6) is 0 Å². The van der Waals surface area contributed by atoms with Gasteiger partial charge < -0.3 is 15.2 Å². The number of likely N-dealkylation sites (N-methyl/N-ethyl adjacent to an activating group) is 1. The van der Waals surface area contributed by atoms with E-state index in [1.807, 2.05) is 30.4 Å². The third kappa shape index (κ3) is 3.34. The number of aromatic nitrogens is 1. The Morgan fingerprint density at radius 2 is 2.25 bits per heavy atom. The average molecular weight is 291 g/mol. The lowest BCUT2D eigenvalue weighted by Crippen LogP contribution is -2.36. The SMILES string of the molecule is CN(C)[C@@H](CNC(=O)c1ccc[nH]c1=O)c1ccsc1. The molecule has 2 aromatic heterocycles. The Morgan fingerprint density at radius 3 is 2.85 bits per heavy atom. The molecule has 5 nitrogen and oxygen atoms in total. The second kappa shape index (κ2) is 6.49. The van der Waals surface area contributed by atoms with Gasteiger partial charge in [-0.05, 0) is 48.6 Å². The Balaban J connectivity index is 2.05. The summed E-state index contributed by atoms with van der Waals surface area (Å²) in [6.45, 7) is 0.455. The molecule has 0 aromatic carbocycles. The van der Waals surface area contributed by atoms with E-state index in [-0.39, 0.29) is 23.1 Å². The molecule has 0 radical (unpaired) electrons. The molecular weight excluding hydrogens is 274 g/mol. The standard InChI is InChI=1S/C14H17N3O2S/c1-17(2)12(10-5-7-20-9-10)8-16-14(19)11-4-3-6-15-13(11)18/h3-7,9,12H,8H2,1-2H3,(H,15,18)(H,16,19)/t12-/m0/s1. The zero-order valence-electron chi connectivity index (χ0n) is 11.4. The lowest BCUT2D eigenvalue weighted by molar-refractivity contribution is 0.0940. The number of pyridine rings is 1. The number of nitrogens with zero attached hydrogens (tertiary/aromatic N) is 1. The molecule has 0 bridgehead atoms. The Kier molecular flexibility index (Phi) is 4.70. The first-order valence-corrected chi connectivity index (χ1v) is 7.18. The molecule has 1 atom stereocenters. The monoisotopic (exact) mass is 291 g/mol. The van der Waals surface area contributed by atoms with Gasteiger partial charge in [-0.3, -0.25) is 9.59 Å². The molecule has 0 saturated carbocycles.